The van der Waals surface area contributed by atoms with Crippen molar-refractivity contribution >= 4 is 11.8 Å². The highest BCUT2D eigenvalue weighted by Gasteiger charge is 2.17. The minimum Gasteiger partial charge on any atom is -0.476 e. The molecule has 0 aliphatic rings. The number of aromatic carboxylic acids is 1. The molecular formula is C10H15N3O3. The topological polar surface area (TPSA) is 95.3 Å². The molecule has 0 bridgehead atoms. The lowest BCUT2D eigenvalue weighted by Gasteiger charge is -2.25. The molecule has 0 aromatic carbocycles. The van der Waals surface area contributed by atoms with Gasteiger partial charge in [0, 0.05) is 12.1 Å². The van der Waals surface area contributed by atoms with Crippen molar-refractivity contribution in [3.05, 3.63) is 17.8 Å². The van der Waals surface area contributed by atoms with Crippen LogP contribution in [0.2, 0.25) is 0 Å². The Morgan fingerprint density at radius 2 is 2.12 bits per heavy atom. The Morgan fingerprint density at radius 3 is 2.56 bits per heavy atom. The Hall–Kier alpha value is -1.69. The van der Waals surface area contributed by atoms with Crippen molar-refractivity contribution in [1.82, 2.24) is 10.2 Å². The molecule has 0 radical (unpaired) electrons. The van der Waals surface area contributed by atoms with Crippen molar-refractivity contribution in [3.63, 3.8) is 0 Å². The van der Waals surface area contributed by atoms with E-state index in [1.807, 2.05) is 13.8 Å². The monoisotopic (exact) mass is 225 g/mol. The van der Waals surface area contributed by atoms with Crippen molar-refractivity contribution in [3.8, 4) is 0 Å². The number of carboxylic acid groups (broad SMARTS) is 1. The summed E-state index contributed by atoms with van der Waals surface area (Å²) in [5, 5.41) is 27.8. The molecule has 88 valence electrons. The van der Waals surface area contributed by atoms with Gasteiger partial charge in [-0.15, -0.1) is 10.2 Å². The number of carboxylic acids is 1. The molecule has 0 amide bonds. The number of carbonyl (C=O) groups is 1. The van der Waals surface area contributed by atoms with Gasteiger partial charge < -0.3 is 15.5 Å². The molecule has 0 saturated carbocycles. The Kier molecular flexibility index (Phi) is 3.78. The van der Waals surface area contributed by atoms with Crippen LogP contribution in [0.1, 0.15) is 30.8 Å². The van der Waals surface area contributed by atoms with E-state index in [9.17, 15) is 4.79 Å². The summed E-state index contributed by atoms with van der Waals surface area (Å²) in [6.07, 6.45) is 0.565. The molecule has 0 unspecified atom stereocenters. The van der Waals surface area contributed by atoms with Crippen LogP contribution < -0.4 is 5.32 Å². The lowest BCUT2D eigenvalue weighted by Crippen LogP contribution is -2.32. The molecule has 0 spiro atoms. The average Bonchev–Trinajstić information content (AvgIpc) is 2.17. The fourth-order valence-corrected chi connectivity index (χ4v) is 1.20. The van der Waals surface area contributed by atoms with E-state index in [0.29, 0.717) is 12.2 Å². The van der Waals surface area contributed by atoms with Crippen LogP contribution in [-0.4, -0.2) is 38.5 Å². The molecule has 1 aromatic heterocycles. The largest absolute Gasteiger partial charge is 0.476 e. The van der Waals surface area contributed by atoms with Crippen LogP contribution in [0.5, 0.6) is 0 Å². The Morgan fingerprint density at radius 1 is 1.44 bits per heavy atom. The normalized spacial score (nSPS) is 11.2. The van der Waals surface area contributed by atoms with Crippen LogP contribution in [0.4, 0.5) is 5.82 Å². The molecule has 0 atom stereocenters. The zero-order valence-electron chi connectivity index (χ0n) is 9.27. The molecule has 0 aliphatic heterocycles. The van der Waals surface area contributed by atoms with Crippen molar-refractivity contribution in [2.24, 2.45) is 0 Å². The van der Waals surface area contributed by atoms with Crippen molar-refractivity contribution in [2.75, 3.05) is 11.9 Å². The number of aromatic nitrogens is 2. The molecule has 0 aliphatic carbocycles. The second-order valence-electron chi connectivity index (χ2n) is 4.09. The number of aliphatic hydroxyl groups excluding tert-OH is 1. The van der Waals surface area contributed by atoms with Crippen molar-refractivity contribution < 1.29 is 15.0 Å². The summed E-state index contributed by atoms with van der Waals surface area (Å²) in [5.74, 6) is -0.614. The second-order valence-corrected chi connectivity index (χ2v) is 4.09. The van der Waals surface area contributed by atoms with Crippen LogP contribution in [0, 0.1) is 0 Å². The smallest absolute Gasteiger partial charge is 0.356 e. The second kappa shape index (κ2) is 4.89. The molecule has 0 saturated heterocycles. The van der Waals surface area contributed by atoms with Crippen molar-refractivity contribution in [1.29, 1.82) is 0 Å². The van der Waals surface area contributed by atoms with E-state index in [-0.39, 0.29) is 17.8 Å². The van der Waals surface area contributed by atoms with Gasteiger partial charge >= 0.3 is 5.97 Å². The van der Waals surface area contributed by atoms with Gasteiger partial charge in [0.1, 0.15) is 5.82 Å². The van der Waals surface area contributed by atoms with E-state index in [1.54, 1.807) is 6.07 Å². The summed E-state index contributed by atoms with van der Waals surface area (Å²) in [7, 11) is 0. The van der Waals surface area contributed by atoms with Gasteiger partial charge in [-0.05, 0) is 32.4 Å². The highest BCUT2D eigenvalue weighted by Crippen LogP contribution is 2.15. The zero-order valence-corrected chi connectivity index (χ0v) is 9.27. The Bertz CT molecular complexity index is 362. The maximum absolute atomic E-state index is 10.5. The summed E-state index contributed by atoms with van der Waals surface area (Å²) < 4.78 is 0. The predicted octanol–water partition coefficient (Wildman–Crippen LogP) is 0.748. The van der Waals surface area contributed by atoms with Crippen LogP contribution >= 0.6 is 0 Å². The summed E-state index contributed by atoms with van der Waals surface area (Å²) in [4.78, 5) is 10.5. The van der Waals surface area contributed by atoms with Gasteiger partial charge in [0.05, 0.1) is 0 Å². The summed E-state index contributed by atoms with van der Waals surface area (Å²) in [5.41, 5.74) is -0.403. The van der Waals surface area contributed by atoms with Gasteiger partial charge in [0.15, 0.2) is 5.69 Å². The lowest BCUT2D eigenvalue weighted by atomic mass is 10.0. The number of anilines is 1. The number of rotatable bonds is 5. The fraction of sp³-hybridized carbons (Fsp3) is 0.500. The first-order valence-electron chi connectivity index (χ1n) is 4.91. The van der Waals surface area contributed by atoms with Crippen LogP contribution in [0.3, 0.4) is 0 Å². The molecule has 1 rings (SSSR count). The van der Waals surface area contributed by atoms with E-state index in [4.69, 9.17) is 10.2 Å². The maximum atomic E-state index is 10.5. The van der Waals surface area contributed by atoms with Gasteiger partial charge in [-0.3, -0.25) is 0 Å². The van der Waals surface area contributed by atoms with Gasteiger partial charge in [-0.25, -0.2) is 4.79 Å². The number of nitrogens with zero attached hydrogens (tertiary/aromatic N) is 2. The van der Waals surface area contributed by atoms with E-state index < -0.39 is 5.97 Å². The highest BCUT2D eigenvalue weighted by atomic mass is 16.4. The number of nitrogens with one attached hydrogen (secondary N) is 1. The van der Waals surface area contributed by atoms with Crippen molar-refractivity contribution in [2.45, 2.75) is 25.8 Å². The molecule has 6 heteroatoms. The van der Waals surface area contributed by atoms with Gasteiger partial charge in [0.2, 0.25) is 0 Å². The third-order valence-electron chi connectivity index (χ3n) is 2.09. The van der Waals surface area contributed by atoms with E-state index in [2.05, 4.69) is 15.5 Å². The summed E-state index contributed by atoms with van der Waals surface area (Å²) in [6.45, 7) is 3.90. The summed E-state index contributed by atoms with van der Waals surface area (Å²) in [6, 6.07) is 2.93. The molecule has 16 heavy (non-hydrogen) atoms. The molecular weight excluding hydrogens is 210 g/mol. The highest BCUT2D eigenvalue weighted by molar-refractivity contribution is 5.85. The first-order valence-corrected chi connectivity index (χ1v) is 4.91. The van der Waals surface area contributed by atoms with Crippen LogP contribution in [0.25, 0.3) is 0 Å². The van der Waals surface area contributed by atoms with Crippen LogP contribution in [0.15, 0.2) is 12.1 Å². The minimum absolute atomic E-state index is 0.0701. The number of hydrogen-bond acceptors (Lipinski definition) is 5. The Balaban J connectivity index is 2.72. The minimum atomic E-state index is -1.10. The van der Waals surface area contributed by atoms with E-state index >= 15 is 0 Å². The summed E-state index contributed by atoms with van der Waals surface area (Å²) >= 11 is 0. The van der Waals surface area contributed by atoms with E-state index in [0.717, 1.165) is 0 Å². The van der Waals surface area contributed by atoms with E-state index in [1.165, 1.54) is 6.07 Å². The first-order chi connectivity index (χ1) is 7.44. The standard InChI is InChI=1S/C10H15N3O3/c1-10(2,5-6-14)11-8-4-3-7(9(15)16)12-13-8/h3-4,14H,5-6H2,1-2H3,(H,11,13)(H,15,16). The van der Waals surface area contributed by atoms with Gasteiger partial charge in [0.25, 0.3) is 0 Å². The van der Waals surface area contributed by atoms with Gasteiger partial charge in [-0.2, -0.15) is 0 Å². The molecule has 0 fully saturated rings. The predicted molar refractivity (Wildman–Crippen MR) is 58.4 cm³/mol. The zero-order chi connectivity index (χ0) is 12.2. The fourth-order valence-electron chi connectivity index (χ4n) is 1.20. The van der Waals surface area contributed by atoms with Gasteiger partial charge in [-0.1, -0.05) is 0 Å². The maximum Gasteiger partial charge on any atom is 0.356 e. The SMILES string of the molecule is CC(C)(CCO)Nc1ccc(C(=O)O)nn1. The first kappa shape index (κ1) is 12.4. The average molecular weight is 225 g/mol. The molecule has 1 aromatic rings. The number of aliphatic hydroxyl groups is 1. The third kappa shape index (κ3) is 3.47. The molecule has 1 heterocycles. The Labute approximate surface area is 93.3 Å². The van der Waals surface area contributed by atoms with Crippen LogP contribution in [-0.2, 0) is 0 Å². The quantitative estimate of drug-likeness (QED) is 0.684. The molecule has 3 N–H and O–H groups in total. The lowest BCUT2D eigenvalue weighted by molar-refractivity contribution is 0.0689. The molecule has 6 nitrogen and oxygen atoms in total. The third-order valence-corrected chi connectivity index (χ3v) is 2.09. The number of hydrogen-bond donors (Lipinski definition) is 3.